The summed E-state index contributed by atoms with van der Waals surface area (Å²) in [5.74, 6) is 0.744. The summed E-state index contributed by atoms with van der Waals surface area (Å²) in [6.07, 6.45) is 2.17. The molecule has 2 aromatic rings. The quantitative estimate of drug-likeness (QED) is 0.789. The minimum absolute atomic E-state index is 0.0336. The number of aromatic nitrogens is 2. The molecule has 1 fully saturated rings. The average Bonchev–Trinajstić information content (AvgIpc) is 3.20. The Hall–Kier alpha value is -1.86. The Morgan fingerprint density at radius 3 is 2.62 bits per heavy atom. The van der Waals surface area contributed by atoms with Crippen molar-refractivity contribution in [2.75, 3.05) is 13.7 Å². The minimum Gasteiger partial charge on any atom is -0.444 e. The van der Waals surface area contributed by atoms with Gasteiger partial charge in [0.25, 0.3) is 0 Å². The van der Waals surface area contributed by atoms with Crippen molar-refractivity contribution in [1.82, 2.24) is 14.9 Å². The van der Waals surface area contributed by atoms with Gasteiger partial charge in [0.2, 0.25) is 0 Å². The monoisotopic (exact) mass is 421 g/mol. The van der Waals surface area contributed by atoms with Gasteiger partial charge in [-0.3, -0.25) is 4.90 Å². The fourth-order valence-electron chi connectivity index (χ4n) is 3.03. The summed E-state index contributed by atoms with van der Waals surface area (Å²) < 4.78 is 12.1. The van der Waals surface area contributed by atoms with Gasteiger partial charge in [0.15, 0.2) is 0 Å². The summed E-state index contributed by atoms with van der Waals surface area (Å²) in [6.45, 7) is 6.08. The third kappa shape index (κ3) is 4.27. The van der Waals surface area contributed by atoms with Gasteiger partial charge in [0.05, 0.1) is 24.4 Å². The first kappa shape index (κ1) is 18.9. The van der Waals surface area contributed by atoms with Gasteiger partial charge in [0.1, 0.15) is 11.4 Å². The molecule has 0 radical (unpaired) electrons. The number of nitrogens with zero attached hydrogens (tertiary/aromatic N) is 2. The Morgan fingerprint density at radius 1 is 1.31 bits per heavy atom. The number of nitrogens with one attached hydrogen (secondary N) is 1. The summed E-state index contributed by atoms with van der Waals surface area (Å²) in [5, 5.41) is 0. The van der Waals surface area contributed by atoms with Crippen molar-refractivity contribution in [3.8, 4) is 11.3 Å². The van der Waals surface area contributed by atoms with Crippen molar-refractivity contribution < 1.29 is 14.3 Å². The Labute approximate surface area is 162 Å². The molecule has 26 heavy (non-hydrogen) atoms. The van der Waals surface area contributed by atoms with E-state index < -0.39 is 5.60 Å². The number of hydrogen-bond acceptors (Lipinski definition) is 4. The first-order valence-corrected chi connectivity index (χ1v) is 9.40. The van der Waals surface area contributed by atoms with Crippen molar-refractivity contribution in [2.45, 2.75) is 44.9 Å². The number of imidazole rings is 1. The highest BCUT2D eigenvalue weighted by atomic mass is 79.9. The van der Waals surface area contributed by atoms with Crippen LogP contribution in [0, 0.1) is 0 Å². The van der Waals surface area contributed by atoms with Gasteiger partial charge in [-0.2, -0.15) is 0 Å². The molecule has 3 rings (SSSR count). The molecule has 1 aliphatic rings. The maximum absolute atomic E-state index is 12.6. The van der Waals surface area contributed by atoms with Crippen LogP contribution in [0.25, 0.3) is 11.3 Å². The van der Waals surface area contributed by atoms with Crippen LogP contribution >= 0.6 is 15.9 Å². The van der Waals surface area contributed by atoms with E-state index in [-0.39, 0.29) is 18.2 Å². The van der Waals surface area contributed by atoms with Crippen molar-refractivity contribution in [3.63, 3.8) is 0 Å². The number of hydrogen-bond donors (Lipinski definition) is 1. The number of methoxy groups -OCH3 is 1. The molecule has 1 amide bonds. The number of aromatic amines is 1. The maximum atomic E-state index is 12.6. The summed E-state index contributed by atoms with van der Waals surface area (Å²) in [4.78, 5) is 22.3. The number of H-pyrrole nitrogens is 1. The highest BCUT2D eigenvalue weighted by Crippen LogP contribution is 2.34. The molecule has 0 bridgehead atoms. The van der Waals surface area contributed by atoms with Crippen LogP contribution in [0.5, 0.6) is 0 Å². The van der Waals surface area contributed by atoms with E-state index in [4.69, 9.17) is 14.5 Å². The second kappa shape index (κ2) is 7.40. The van der Waals surface area contributed by atoms with Gasteiger partial charge >= 0.3 is 6.09 Å². The normalized spacial score (nSPS) is 20.4. The number of carbonyl (C=O) groups excluding carboxylic acids is 1. The van der Waals surface area contributed by atoms with Gasteiger partial charge in [0, 0.05) is 29.8 Å². The molecule has 0 unspecified atom stereocenters. The lowest BCUT2D eigenvalue weighted by Gasteiger charge is -2.27. The highest BCUT2D eigenvalue weighted by Gasteiger charge is 2.40. The largest absolute Gasteiger partial charge is 0.444 e. The SMILES string of the molecule is CO[C@H]1C[C@@H](c2nc(-c3ccc(Br)cc3)c[nH]2)N(C(=O)OC(C)(C)C)C1. The number of benzene rings is 1. The molecule has 1 aromatic heterocycles. The topological polar surface area (TPSA) is 67.5 Å². The van der Waals surface area contributed by atoms with Crippen LogP contribution in [0.3, 0.4) is 0 Å². The summed E-state index contributed by atoms with van der Waals surface area (Å²) in [7, 11) is 1.66. The fourth-order valence-corrected chi connectivity index (χ4v) is 3.29. The molecular weight excluding hydrogens is 398 g/mol. The van der Waals surface area contributed by atoms with E-state index in [1.54, 1.807) is 12.0 Å². The number of ether oxygens (including phenoxy) is 2. The zero-order valence-corrected chi connectivity index (χ0v) is 17.0. The van der Waals surface area contributed by atoms with Gasteiger partial charge < -0.3 is 14.5 Å². The second-order valence-corrected chi connectivity index (χ2v) is 8.34. The summed E-state index contributed by atoms with van der Waals surface area (Å²) in [5.41, 5.74) is 1.32. The third-order valence-corrected chi connectivity index (χ3v) is 4.81. The zero-order valence-electron chi connectivity index (χ0n) is 15.5. The van der Waals surface area contributed by atoms with Crippen LogP contribution in [-0.4, -0.2) is 46.3 Å². The molecule has 1 N–H and O–H groups in total. The average molecular weight is 422 g/mol. The van der Waals surface area contributed by atoms with Crippen molar-refractivity contribution in [3.05, 3.63) is 40.8 Å². The number of carbonyl (C=O) groups is 1. The molecule has 2 heterocycles. The smallest absolute Gasteiger partial charge is 0.411 e. The third-order valence-electron chi connectivity index (χ3n) is 4.28. The maximum Gasteiger partial charge on any atom is 0.411 e. The van der Waals surface area contributed by atoms with Crippen LogP contribution in [0.1, 0.15) is 39.1 Å². The predicted molar refractivity (Wildman–Crippen MR) is 103 cm³/mol. The summed E-state index contributed by atoms with van der Waals surface area (Å²) in [6, 6.07) is 7.77. The first-order chi connectivity index (χ1) is 12.3. The summed E-state index contributed by atoms with van der Waals surface area (Å²) >= 11 is 3.44. The molecule has 0 aliphatic carbocycles. The molecule has 6 nitrogen and oxygen atoms in total. The molecule has 140 valence electrons. The van der Waals surface area contributed by atoms with Crippen LogP contribution in [0.2, 0.25) is 0 Å². The van der Waals surface area contributed by atoms with Crippen molar-refractivity contribution >= 4 is 22.0 Å². The lowest BCUT2D eigenvalue weighted by Crippen LogP contribution is -2.37. The van der Waals surface area contributed by atoms with Crippen molar-refractivity contribution in [1.29, 1.82) is 0 Å². The van der Waals surface area contributed by atoms with Gasteiger partial charge in [-0.1, -0.05) is 28.1 Å². The number of likely N-dealkylation sites (tertiary alicyclic amines) is 1. The Balaban J connectivity index is 1.83. The van der Waals surface area contributed by atoms with Gasteiger partial charge in [-0.15, -0.1) is 0 Å². The molecule has 7 heteroatoms. The molecule has 1 saturated heterocycles. The highest BCUT2D eigenvalue weighted by molar-refractivity contribution is 9.10. The van der Waals surface area contributed by atoms with E-state index in [1.807, 2.05) is 51.2 Å². The molecule has 0 spiro atoms. The lowest BCUT2D eigenvalue weighted by atomic mass is 10.1. The van der Waals surface area contributed by atoms with Gasteiger partial charge in [-0.05, 0) is 32.9 Å². The molecular formula is C19H24BrN3O3. The number of rotatable bonds is 3. The zero-order chi connectivity index (χ0) is 18.9. The number of halogens is 1. The lowest BCUT2D eigenvalue weighted by molar-refractivity contribution is 0.0190. The Kier molecular flexibility index (Phi) is 5.39. The Morgan fingerprint density at radius 2 is 2.00 bits per heavy atom. The van der Waals surface area contributed by atoms with E-state index in [1.165, 1.54) is 0 Å². The minimum atomic E-state index is -0.543. The molecule has 1 aromatic carbocycles. The van der Waals surface area contributed by atoms with E-state index in [0.29, 0.717) is 13.0 Å². The number of amides is 1. The van der Waals surface area contributed by atoms with Crippen molar-refractivity contribution in [2.24, 2.45) is 0 Å². The molecule has 2 atom stereocenters. The standard InChI is InChI=1S/C19H24BrN3O3/c1-19(2,3)26-18(24)23-11-14(25-4)9-16(23)17-21-10-15(22-17)12-5-7-13(20)8-6-12/h5-8,10,14,16H,9,11H2,1-4H3,(H,21,22)/t14-,16-/m0/s1. The molecule has 0 saturated carbocycles. The second-order valence-electron chi connectivity index (χ2n) is 7.42. The van der Waals surface area contributed by atoms with Crippen LogP contribution < -0.4 is 0 Å². The van der Waals surface area contributed by atoms with Crippen LogP contribution in [0.4, 0.5) is 4.79 Å². The van der Waals surface area contributed by atoms with E-state index in [9.17, 15) is 4.79 Å². The van der Waals surface area contributed by atoms with Gasteiger partial charge in [-0.25, -0.2) is 9.78 Å². The Bertz CT molecular complexity index is 767. The predicted octanol–water partition coefficient (Wildman–Crippen LogP) is 4.54. The van der Waals surface area contributed by atoms with E-state index in [2.05, 4.69) is 20.9 Å². The van der Waals surface area contributed by atoms with Crippen LogP contribution in [0.15, 0.2) is 34.9 Å². The van der Waals surface area contributed by atoms with Crippen LogP contribution in [-0.2, 0) is 9.47 Å². The van der Waals surface area contributed by atoms with E-state index in [0.717, 1.165) is 21.6 Å². The first-order valence-electron chi connectivity index (χ1n) is 8.60. The molecule has 1 aliphatic heterocycles. The van der Waals surface area contributed by atoms with E-state index >= 15 is 0 Å². The fraction of sp³-hybridized carbons (Fsp3) is 0.474.